The molecule has 8 heteroatoms. The fraction of sp³-hybridized carbons (Fsp3) is 0.273. The summed E-state index contributed by atoms with van der Waals surface area (Å²) < 4.78 is 39.4. The lowest BCUT2D eigenvalue weighted by Crippen LogP contribution is -2.38. The third-order valence-electron chi connectivity index (χ3n) is 4.90. The quantitative estimate of drug-likeness (QED) is 0.660. The number of alkyl halides is 3. The van der Waals surface area contributed by atoms with E-state index in [-0.39, 0.29) is 18.6 Å². The van der Waals surface area contributed by atoms with Crippen LogP contribution in [0.2, 0.25) is 0 Å². The van der Waals surface area contributed by atoms with Crippen molar-refractivity contribution in [2.24, 2.45) is 0 Å². The van der Waals surface area contributed by atoms with Crippen molar-refractivity contribution in [2.75, 3.05) is 11.9 Å². The Morgan fingerprint density at radius 1 is 1.03 bits per heavy atom. The molecule has 3 rings (SSSR count). The standard InChI is InChI=1S/C22H21F3N2O3/c1-21(2,13-28)27-11-10-16-17(20(27)30)4-3-5-18(16)26-19(29)12-14-6-8-15(9-7-14)22(23,24)25/h3-11,28H,12-13H2,1-2H3,(H,26,29). The van der Waals surface area contributed by atoms with E-state index in [1.54, 1.807) is 44.3 Å². The van der Waals surface area contributed by atoms with Crippen LogP contribution >= 0.6 is 0 Å². The number of nitrogens with one attached hydrogen (secondary N) is 1. The molecule has 1 heterocycles. The van der Waals surface area contributed by atoms with Crippen LogP contribution in [0.4, 0.5) is 18.9 Å². The molecular weight excluding hydrogens is 397 g/mol. The van der Waals surface area contributed by atoms with Crippen molar-refractivity contribution in [3.63, 3.8) is 0 Å². The lowest BCUT2D eigenvalue weighted by Gasteiger charge is -2.25. The number of hydrogen-bond acceptors (Lipinski definition) is 3. The van der Waals surface area contributed by atoms with Crippen LogP contribution in [0.25, 0.3) is 10.8 Å². The van der Waals surface area contributed by atoms with E-state index in [1.807, 2.05) is 0 Å². The molecule has 0 spiro atoms. The van der Waals surface area contributed by atoms with Gasteiger partial charge in [-0.3, -0.25) is 9.59 Å². The van der Waals surface area contributed by atoms with Gasteiger partial charge in [-0.15, -0.1) is 0 Å². The summed E-state index contributed by atoms with van der Waals surface area (Å²) in [5.41, 5.74) is -0.996. The van der Waals surface area contributed by atoms with E-state index in [1.165, 1.54) is 16.7 Å². The van der Waals surface area contributed by atoms with Crippen LogP contribution in [0.1, 0.15) is 25.0 Å². The Morgan fingerprint density at radius 2 is 1.70 bits per heavy atom. The highest BCUT2D eigenvalue weighted by Crippen LogP contribution is 2.29. The number of pyridine rings is 1. The summed E-state index contributed by atoms with van der Waals surface area (Å²) in [7, 11) is 0. The first-order chi connectivity index (χ1) is 14.0. The van der Waals surface area contributed by atoms with Gasteiger partial charge in [-0.25, -0.2) is 0 Å². The Morgan fingerprint density at radius 3 is 2.30 bits per heavy atom. The average Bonchev–Trinajstić information content (AvgIpc) is 2.68. The van der Waals surface area contributed by atoms with Gasteiger partial charge >= 0.3 is 6.18 Å². The van der Waals surface area contributed by atoms with Crippen molar-refractivity contribution >= 4 is 22.4 Å². The number of amides is 1. The van der Waals surface area contributed by atoms with Gasteiger partial charge in [0, 0.05) is 22.7 Å². The summed E-state index contributed by atoms with van der Waals surface area (Å²) in [6.07, 6.45) is -2.98. The van der Waals surface area contributed by atoms with Crippen LogP contribution in [0.15, 0.2) is 59.5 Å². The maximum absolute atomic E-state index is 12.8. The van der Waals surface area contributed by atoms with Crippen molar-refractivity contribution in [3.8, 4) is 0 Å². The first-order valence-corrected chi connectivity index (χ1v) is 9.24. The molecule has 2 aromatic carbocycles. The molecule has 30 heavy (non-hydrogen) atoms. The van der Waals surface area contributed by atoms with Gasteiger partial charge in [-0.2, -0.15) is 13.2 Å². The van der Waals surface area contributed by atoms with Gasteiger partial charge < -0.3 is 15.0 Å². The third-order valence-corrected chi connectivity index (χ3v) is 4.90. The number of aliphatic hydroxyl groups excluding tert-OH is 1. The summed E-state index contributed by atoms with van der Waals surface area (Å²) in [6, 6.07) is 11.0. The molecule has 0 radical (unpaired) electrons. The zero-order valence-corrected chi connectivity index (χ0v) is 16.5. The molecule has 158 valence electrons. The minimum Gasteiger partial charge on any atom is -0.394 e. The fourth-order valence-corrected chi connectivity index (χ4v) is 3.13. The van der Waals surface area contributed by atoms with Crippen LogP contribution in [-0.2, 0) is 22.9 Å². The van der Waals surface area contributed by atoms with Crippen molar-refractivity contribution < 1.29 is 23.1 Å². The molecule has 1 amide bonds. The van der Waals surface area contributed by atoms with E-state index in [0.29, 0.717) is 22.0 Å². The molecule has 0 bridgehead atoms. The molecule has 0 aliphatic heterocycles. The van der Waals surface area contributed by atoms with Gasteiger partial charge in [-0.1, -0.05) is 18.2 Å². The highest BCUT2D eigenvalue weighted by molar-refractivity contribution is 6.02. The lowest BCUT2D eigenvalue weighted by atomic mass is 10.0. The molecule has 0 aliphatic carbocycles. The Kier molecular flexibility index (Phi) is 5.72. The molecule has 3 aromatic rings. The fourth-order valence-electron chi connectivity index (χ4n) is 3.13. The maximum atomic E-state index is 12.8. The highest BCUT2D eigenvalue weighted by atomic mass is 19.4. The molecule has 5 nitrogen and oxygen atoms in total. The predicted octanol–water partition coefficient (Wildman–Crippen LogP) is 3.93. The summed E-state index contributed by atoms with van der Waals surface area (Å²) >= 11 is 0. The number of carbonyl (C=O) groups excluding carboxylic acids is 1. The Bertz CT molecular complexity index is 1130. The van der Waals surface area contributed by atoms with Crippen molar-refractivity contribution in [2.45, 2.75) is 32.0 Å². The number of rotatable bonds is 5. The number of fused-ring (bicyclic) bond motifs is 1. The minimum atomic E-state index is -4.43. The van der Waals surface area contributed by atoms with Crippen molar-refractivity contribution in [3.05, 3.63) is 76.2 Å². The molecule has 0 aliphatic rings. The first kappa shape index (κ1) is 21.6. The Labute approximate surface area is 170 Å². The molecule has 0 saturated carbocycles. The second-order valence-corrected chi connectivity index (χ2v) is 7.65. The van der Waals surface area contributed by atoms with E-state index >= 15 is 0 Å². The molecule has 0 unspecified atom stereocenters. The summed E-state index contributed by atoms with van der Waals surface area (Å²) in [4.78, 5) is 25.2. The van der Waals surface area contributed by atoms with E-state index in [4.69, 9.17) is 0 Å². The van der Waals surface area contributed by atoms with Crippen LogP contribution in [0.3, 0.4) is 0 Å². The SMILES string of the molecule is CC(C)(CO)n1ccc2c(NC(=O)Cc3ccc(C(F)(F)F)cc3)cccc2c1=O. The largest absolute Gasteiger partial charge is 0.416 e. The first-order valence-electron chi connectivity index (χ1n) is 9.24. The molecular formula is C22H21F3N2O3. The number of hydrogen-bond donors (Lipinski definition) is 2. The predicted molar refractivity (Wildman–Crippen MR) is 108 cm³/mol. The van der Waals surface area contributed by atoms with Gasteiger partial charge in [0.05, 0.1) is 24.1 Å². The van der Waals surface area contributed by atoms with Gasteiger partial charge in [0.2, 0.25) is 5.91 Å². The second-order valence-electron chi connectivity index (χ2n) is 7.65. The van der Waals surface area contributed by atoms with Crippen molar-refractivity contribution in [1.29, 1.82) is 0 Å². The van der Waals surface area contributed by atoms with E-state index in [0.717, 1.165) is 12.1 Å². The van der Waals surface area contributed by atoms with Gasteiger partial charge in [0.15, 0.2) is 0 Å². The smallest absolute Gasteiger partial charge is 0.394 e. The highest BCUT2D eigenvalue weighted by Gasteiger charge is 2.30. The Balaban J connectivity index is 1.84. The number of nitrogens with zero attached hydrogens (tertiary/aromatic N) is 1. The zero-order chi connectivity index (χ0) is 22.1. The minimum absolute atomic E-state index is 0.108. The normalized spacial score (nSPS) is 12.2. The molecule has 0 atom stereocenters. The number of aliphatic hydroxyl groups is 1. The Hall–Kier alpha value is -3.13. The molecule has 2 N–H and O–H groups in total. The second kappa shape index (κ2) is 7.95. The summed E-state index contributed by atoms with van der Waals surface area (Å²) in [6.45, 7) is 3.24. The molecule has 0 fully saturated rings. The monoisotopic (exact) mass is 418 g/mol. The number of anilines is 1. The maximum Gasteiger partial charge on any atom is 0.416 e. The molecule has 1 aromatic heterocycles. The number of benzene rings is 2. The van der Waals surface area contributed by atoms with Gasteiger partial charge in [0.25, 0.3) is 5.56 Å². The number of aromatic nitrogens is 1. The average molecular weight is 418 g/mol. The van der Waals surface area contributed by atoms with E-state index < -0.39 is 23.2 Å². The van der Waals surface area contributed by atoms with Crippen LogP contribution in [0.5, 0.6) is 0 Å². The number of carbonyl (C=O) groups is 1. The van der Waals surface area contributed by atoms with Gasteiger partial charge in [-0.05, 0) is 49.7 Å². The summed E-state index contributed by atoms with van der Waals surface area (Å²) in [5, 5.41) is 13.2. The lowest BCUT2D eigenvalue weighted by molar-refractivity contribution is -0.137. The summed E-state index contributed by atoms with van der Waals surface area (Å²) in [5.74, 6) is -0.415. The number of halogens is 3. The third kappa shape index (κ3) is 4.38. The van der Waals surface area contributed by atoms with Crippen LogP contribution in [0, 0.1) is 0 Å². The van der Waals surface area contributed by atoms with E-state index in [9.17, 15) is 27.9 Å². The van der Waals surface area contributed by atoms with Gasteiger partial charge in [0.1, 0.15) is 0 Å². The van der Waals surface area contributed by atoms with Crippen LogP contribution < -0.4 is 10.9 Å². The topological polar surface area (TPSA) is 71.3 Å². The van der Waals surface area contributed by atoms with Crippen molar-refractivity contribution in [1.82, 2.24) is 4.57 Å². The molecule has 0 saturated heterocycles. The zero-order valence-electron chi connectivity index (χ0n) is 16.5. The van der Waals surface area contributed by atoms with E-state index in [2.05, 4.69) is 5.32 Å². The van der Waals surface area contributed by atoms with Crippen LogP contribution in [-0.4, -0.2) is 22.2 Å².